The Bertz CT molecular complexity index is 437. The second kappa shape index (κ2) is 8.19. The first kappa shape index (κ1) is 16.0. The molecule has 0 saturated heterocycles. The van der Waals surface area contributed by atoms with Crippen molar-refractivity contribution in [3.8, 4) is 5.75 Å². The number of hydrogen-bond donors (Lipinski definition) is 3. The van der Waals surface area contributed by atoms with Crippen LogP contribution in [-0.2, 0) is 4.79 Å². The summed E-state index contributed by atoms with van der Waals surface area (Å²) in [5, 5.41) is 8.87. The summed E-state index contributed by atoms with van der Waals surface area (Å²) in [4.78, 5) is 19.8. The average molecular weight is 281 g/mol. The monoisotopic (exact) mass is 281 g/mol. The third-order valence-corrected chi connectivity index (χ3v) is 2.48. The molecule has 1 aromatic heterocycles. The molecule has 0 aliphatic carbocycles. The van der Waals surface area contributed by atoms with Crippen molar-refractivity contribution >= 4 is 17.5 Å². The number of nitrogens with one attached hydrogen (secondary N) is 3. The van der Waals surface area contributed by atoms with E-state index in [0.717, 1.165) is 6.54 Å². The number of ether oxygens (including phenoxy) is 1. The van der Waals surface area contributed by atoms with Crippen LogP contribution in [0, 0.1) is 5.92 Å². The fourth-order valence-corrected chi connectivity index (χ4v) is 1.53. The minimum Gasteiger partial charge on any atom is -0.490 e. The van der Waals surface area contributed by atoms with Gasteiger partial charge >= 0.3 is 0 Å². The number of aromatic nitrogens is 2. The highest BCUT2D eigenvalue weighted by Crippen LogP contribution is 2.28. The van der Waals surface area contributed by atoms with Crippen LogP contribution in [0.25, 0.3) is 0 Å². The smallest absolute Gasteiger partial charge is 0.239 e. The first-order chi connectivity index (χ1) is 9.58. The molecule has 0 saturated carbocycles. The molecule has 0 unspecified atom stereocenters. The number of anilines is 2. The van der Waals surface area contributed by atoms with E-state index in [-0.39, 0.29) is 12.5 Å². The van der Waals surface area contributed by atoms with Crippen LogP contribution < -0.4 is 20.7 Å². The van der Waals surface area contributed by atoms with Gasteiger partial charge in [0.15, 0.2) is 11.6 Å². The lowest BCUT2D eigenvalue weighted by atomic mass is 10.2. The summed E-state index contributed by atoms with van der Waals surface area (Å²) in [7, 11) is 1.55. The zero-order valence-corrected chi connectivity index (χ0v) is 12.5. The molecule has 0 spiro atoms. The SMILES string of the molecule is CCNc1ncnc(NCC(=O)NCC(C)C)c1OC. The number of carbonyl (C=O) groups is 1. The van der Waals surface area contributed by atoms with Gasteiger partial charge in [-0.3, -0.25) is 4.79 Å². The van der Waals surface area contributed by atoms with Gasteiger partial charge in [0.1, 0.15) is 6.33 Å². The Labute approximate surface area is 119 Å². The Morgan fingerprint density at radius 2 is 1.95 bits per heavy atom. The number of rotatable bonds is 8. The Hall–Kier alpha value is -2.05. The van der Waals surface area contributed by atoms with E-state index in [1.807, 2.05) is 20.8 Å². The van der Waals surface area contributed by atoms with Crippen LogP contribution in [0.15, 0.2) is 6.33 Å². The predicted molar refractivity (Wildman–Crippen MR) is 79.1 cm³/mol. The maximum Gasteiger partial charge on any atom is 0.239 e. The van der Waals surface area contributed by atoms with Crippen molar-refractivity contribution in [3.05, 3.63) is 6.33 Å². The molecule has 0 radical (unpaired) electrons. The van der Waals surface area contributed by atoms with Crippen LogP contribution in [0.1, 0.15) is 20.8 Å². The van der Waals surface area contributed by atoms with Crippen LogP contribution >= 0.6 is 0 Å². The van der Waals surface area contributed by atoms with Gasteiger partial charge in [0, 0.05) is 13.1 Å². The standard InChI is InChI=1S/C13H23N5O2/c1-5-14-12-11(20-4)13(18-8-17-12)16-7-10(19)15-6-9(2)3/h8-9H,5-7H2,1-4H3,(H,15,19)(H2,14,16,17,18). The molecule has 1 rings (SSSR count). The van der Waals surface area contributed by atoms with Crippen LogP contribution in [0.3, 0.4) is 0 Å². The highest BCUT2D eigenvalue weighted by Gasteiger charge is 2.12. The van der Waals surface area contributed by atoms with Crippen LogP contribution in [-0.4, -0.2) is 42.6 Å². The number of nitrogens with zero attached hydrogens (tertiary/aromatic N) is 2. The van der Waals surface area contributed by atoms with E-state index in [2.05, 4.69) is 25.9 Å². The number of hydrogen-bond acceptors (Lipinski definition) is 6. The molecule has 1 heterocycles. The van der Waals surface area contributed by atoms with Gasteiger partial charge in [-0.15, -0.1) is 0 Å². The van der Waals surface area contributed by atoms with Gasteiger partial charge < -0.3 is 20.7 Å². The highest BCUT2D eigenvalue weighted by atomic mass is 16.5. The summed E-state index contributed by atoms with van der Waals surface area (Å²) >= 11 is 0. The summed E-state index contributed by atoms with van der Waals surface area (Å²) in [6.45, 7) is 7.58. The van der Waals surface area contributed by atoms with Crippen molar-refractivity contribution in [2.24, 2.45) is 5.92 Å². The third kappa shape index (κ3) is 4.91. The van der Waals surface area contributed by atoms with Gasteiger partial charge in [-0.2, -0.15) is 0 Å². The molecule has 0 fully saturated rings. The molecule has 0 aliphatic heterocycles. The highest BCUT2D eigenvalue weighted by molar-refractivity contribution is 5.81. The van der Waals surface area contributed by atoms with Gasteiger partial charge in [0.25, 0.3) is 0 Å². The summed E-state index contributed by atoms with van der Waals surface area (Å²) < 4.78 is 5.28. The molecule has 3 N–H and O–H groups in total. The summed E-state index contributed by atoms with van der Waals surface area (Å²) in [5.74, 6) is 1.96. The van der Waals surface area contributed by atoms with E-state index in [1.54, 1.807) is 7.11 Å². The van der Waals surface area contributed by atoms with Crippen molar-refractivity contribution in [2.45, 2.75) is 20.8 Å². The topological polar surface area (TPSA) is 88.2 Å². The summed E-state index contributed by atoms with van der Waals surface area (Å²) in [6.07, 6.45) is 1.43. The van der Waals surface area contributed by atoms with Crippen LogP contribution in [0.5, 0.6) is 5.75 Å². The van der Waals surface area contributed by atoms with Crippen molar-refractivity contribution in [2.75, 3.05) is 37.4 Å². The molecular weight excluding hydrogens is 258 g/mol. The molecule has 0 aromatic carbocycles. The molecular formula is C13H23N5O2. The Kier molecular flexibility index (Phi) is 6.55. The second-order valence-corrected chi connectivity index (χ2v) is 4.69. The zero-order valence-electron chi connectivity index (χ0n) is 12.5. The number of amides is 1. The molecule has 112 valence electrons. The molecule has 20 heavy (non-hydrogen) atoms. The molecule has 1 amide bonds. The second-order valence-electron chi connectivity index (χ2n) is 4.69. The lowest BCUT2D eigenvalue weighted by Crippen LogP contribution is -2.32. The van der Waals surface area contributed by atoms with Crippen LogP contribution in [0.2, 0.25) is 0 Å². The van der Waals surface area contributed by atoms with E-state index in [9.17, 15) is 4.79 Å². The predicted octanol–water partition coefficient (Wildman–Crippen LogP) is 1.10. The van der Waals surface area contributed by atoms with E-state index in [4.69, 9.17) is 4.74 Å². The molecule has 0 bridgehead atoms. The van der Waals surface area contributed by atoms with Gasteiger partial charge in [-0.25, -0.2) is 9.97 Å². The first-order valence-corrected chi connectivity index (χ1v) is 6.71. The molecule has 0 atom stereocenters. The van der Waals surface area contributed by atoms with Gasteiger partial charge in [0.05, 0.1) is 13.7 Å². The van der Waals surface area contributed by atoms with E-state index < -0.39 is 0 Å². The maximum absolute atomic E-state index is 11.7. The lowest BCUT2D eigenvalue weighted by molar-refractivity contribution is -0.119. The lowest BCUT2D eigenvalue weighted by Gasteiger charge is -2.13. The summed E-state index contributed by atoms with van der Waals surface area (Å²) in [6, 6.07) is 0. The number of carbonyl (C=O) groups excluding carboxylic acids is 1. The van der Waals surface area contributed by atoms with Gasteiger partial charge in [-0.05, 0) is 12.8 Å². The van der Waals surface area contributed by atoms with Gasteiger partial charge in [-0.1, -0.05) is 13.8 Å². The number of methoxy groups -OCH3 is 1. The normalized spacial score (nSPS) is 10.2. The molecule has 0 aliphatic rings. The largest absolute Gasteiger partial charge is 0.490 e. The Balaban J connectivity index is 2.63. The van der Waals surface area contributed by atoms with Crippen molar-refractivity contribution in [1.29, 1.82) is 0 Å². The summed E-state index contributed by atoms with van der Waals surface area (Å²) in [5.41, 5.74) is 0. The maximum atomic E-state index is 11.7. The Morgan fingerprint density at radius 3 is 2.50 bits per heavy atom. The van der Waals surface area contributed by atoms with Gasteiger partial charge in [0.2, 0.25) is 11.7 Å². The Morgan fingerprint density at radius 1 is 1.30 bits per heavy atom. The van der Waals surface area contributed by atoms with Crippen molar-refractivity contribution in [3.63, 3.8) is 0 Å². The minimum absolute atomic E-state index is 0.0793. The fraction of sp³-hybridized carbons (Fsp3) is 0.615. The van der Waals surface area contributed by atoms with E-state index in [0.29, 0.717) is 29.8 Å². The fourth-order valence-electron chi connectivity index (χ4n) is 1.53. The van der Waals surface area contributed by atoms with E-state index >= 15 is 0 Å². The molecule has 7 nitrogen and oxygen atoms in total. The minimum atomic E-state index is -0.0793. The quantitative estimate of drug-likeness (QED) is 0.661. The van der Waals surface area contributed by atoms with Crippen molar-refractivity contribution in [1.82, 2.24) is 15.3 Å². The average Bonchev–Trinajstić information content (AvgIpc) is 2.43. The van der Waals surface area contributed by atoms with Crippen molar-refractivity contribution < 1.29 is 9.53 Å². The zero-order chi connectivity index (χ0) is 15.0. The van der Waals surface area contributed by atoms with Crippen LogP contribution in [0.4, 0.5) is 11.6 Å². The molecule has 7 heteroatoms. The van der Waals surface area contributed by atoms with E-state index in [1.165, 1.54) is 6.33 Å². The first-order valence-electron chi connectivity index (χ1n) is 6.71. The molecule has 1 aromatic rings. The third-order valence-electron chi connectivity index (χ3n) is 2.48.